The second-order valence-electron chi connectivity index (χ2n) is 4.97. The quantitative estimate of drug-likeness (QED) is 0.442. The van der Waals surface area contributed by atoms with E-state index in [2.05, 4.69) is 31.2 Å². The lowest BCUT2D eigenvalue weighted by atomic mass is 10.2. The molecular formula is C14H23N3O2. The lowest BCUT2D eigenvalue weighted by molar-refractivity contribution is 0.0949. The van der Waals surface area contributed by atoms with Gasteiger partial charge in [-0.2, -0.15) is 0 Å². The molecule has 0 aromatic heterocycles. The summed E-state index contributed by atoms with van der Waals surface area (Å²) >= 11 is 0. The first-order valence-corrected chi connectivity index (χ1v) is 6.46. The second kappa shape index (κ2) is 7.76. The SMILES string of the molecule is CC(C)CN(C)CCOc1ccccc1C(=O)NN. The summed E-state index contributed by atoms with van der Waals surface area (Å²) < 4.78 is 5.65. The Bertz CT molecular complexity index is 407. The third kappa shape index (κ3) is 5.28. The van der Waals surface area contributed by atoms with E-state index in [0.29, 0.717) is 23.8 Å². The summed E-state index contributed by atoms with van der Waals surface area (Å²) in [5.74, 6) is 5.98. The molecule has 0 unspecified atom stereocenters. The molecule has 0 radical (unpaired) electrons. The first-order valence-electron chi connectivity index (χ1n) is 6.46. The predicted octanol–water partition coefficient (Wildman–Crippen LogP) is 1.26. The van der Waals surface area contributed by atoms with Crippen LogP contribution in [0.1, 0.15) is 24.2 Å². The Kier molecular flexibility index (Phi) is 6.32. The molecule has 0 fully saturated rings. The van der Waals surface area contributed by atoms with Crippen LogP contribution in [0.15, 0.2) is 24.3 Å². The highest BCUT2D eigenvalue weighted by Gasteiger charge is 2.10. The van der Waals surface area contributed by atoms with Gasteiger partial charge in [0.25, 0.3) is 5.91 Å². The zero-order valence-electron chi connectivity index (χ0n) is 11.8. The molecule has 0 aliphatic rings. The molecule has 1 rings (SSSR count). The van der Waals surface area contributed by atoms with Gasteiger partial charge in [0.05, 0.1) is 5.56 Å². The van der Waals surface area contributed by atoms with Crippen LogP contribution in [0.2, 0.25) is 0 Å². The number of nitrogens with one attached hydrogen (secondary N) is 1. The number of amides is 1. The fourth-order valence-electron chi connectivity index (χ4n) is 1.88. The molecule has 0 bridgehead atoms. The summed E-state index contributed by atoms with van der Waals surface area (Å²) in [6.07, 6.45) is 0. The summed E-state index contributed by atoms with van der Waals surface area (Å²) in [5.41, 5.74) is 2.57. The summed E-state index contributed by atoms with van der Waals surface area (Å²) in [7, 11) is 2.06. The van der Waals surface area contributed by atoms with Crippen molar-refractivity contribution in [2.45, 2.75) is 13.8 Å². The number of ether oxygens (including phenoxy) is 1. The normalized spacial score (nSPS) is 10.8. The third-order valence-corrected chi connectivity index (χ3v) is 2.67. The summed E-state index contributed by atoms with van der Waals surface area (Å²) in [6, 6.07) is 7.07. The Hall–Kier alpha value is -1.59. The number of hydrazine groups is 1. The molecule has 0 spiro atoms. The largest absolute Gasteiger partial charge is 0.491 e. The van der Waals surface area contributed by atoms with Gasteiger partial charge in [0, 0.05) is 13.1 Å². The van der Waals surface area contributed by atoms with E-state index in [1.165, 1.54) is 0 Å². The van der Waals surface area contributed by atoms with Crippen molar-refractivity contribution in [3.63, 3.8) is 0 Å². The lowest BCUT2D eigenvalue weighted by Gasteiger charge is -2.19. The molecule has 106 valence electrons. The van der Waals surface area contributed by atoms with Crippen LogP contribution in [0, 0.1) is 5.92 Å². The molecule has 1 aromatic rings. The Morgan fingerprint density at radius 2 is 2.11 bits per heavy atom. The van der Waals surface area contributed by atoms with E-state index in [1.54, 1.807) is 18.2 Å². The van der Waals surface area contributed by atoms with Crippen molar-refractivity contribution < 1.29 is 9.53 Å². The Morgan fingerprint density at radius 3 is 2.74 bits per heavy atom. The van der Waals surface area contributed by atoms with Gasteiger partial charge in [0.1, 0.15) is 12.4 Å². The van der Waals surface area contributed by atoms with Gasteiger partial charge in [-0.3, -0.25) is 10.2 Å². The number of carbonyl (C=O) groups is 1. The zero-order chi connectivity index (χ0) is 14.3. The number of carbonyl (C=O) groups excluding carboxylic acids is 1. The molecule has 0 aliphatic carbocycles. The highest BCUT2D eigenvalue weighted by Crippen LogP contribution is 2.17. The van der Waals surface area contributed by atoms with Crippen molar-refractivity contribution in [2.75, 3.05) is 26.7 Å². The summed E-state index contributed by atoms with van der Waals surface area (Å²) in [4.78, 5) is 13.8. The van der Waals surface area contributed by atoms with Gasteiger partial charge in [-0.1, -0.05) is 26.0 Å². The Balaban J connectivity index is 2.51. The van der Waals surface area contributed by atoms with E-state index in [1.807, 2.05) is 6.07 Å². The van der Waals surface area contributed by atoms with E-state index >= 15 is 0 Å². The molecule has 19 heavy (non-hydrogen) atoms. The average Bonchev–Trinajstić information content (AvgIpc) is 2.37. The maximum atomic E-state index is 11.6. The fraction of sp³-hybridized carbons (Fsp3) is 0.500. The second-order valence-corrected chi connectivity index (χ2v) is 4.97. The lowest BCUT2D eigenvalue weighted by Crippen LogP contribution is -2.31. The molecule has 0 atom stereocenters. The van der Waals surface area contributed by atoms with Crippen LogP contribution in [0.25, 0.3) is 0 Å². The number of nitrogen functional groups attached to an aromatic ring is 1. The van der Waals surface area contributed by atoms with Gasteiger partial charge in [0.2, 0.25) is 0 Å². The van der Waals surface area contributed by atoms with Crippen molar-refractivity contribution in [1.82, 2.24) is 10.3 Å². The molecular weight excluding hydrogens is 242 g/mol. The van der Waals surface area contributed by atoms with Crippen LogP contribution in [0.3, 0.4) is 0 Å². The van der Waals surface area contributed by atoms with Gasteiger partial charge >= 0.3 is 0 Å². The average molecular weight is 265 g/mol. The minimum absolute atomic E-state index is 0.342. The van der Waals surface area contributed by atoms with E-state index in [-0.39, 0.29) is 5.91 Å². The number of benzene rings is 1. The summed E-state index contributed by atoms with van der Waals surface area (Å²) in [6.45, 7) is 6.74. The van der Waals surface area contributed by atoms with Crippen molar-refractivity contribution in [2.24, 2.45) is 11.8 Å². The van der Waals surface area contributed by atoms with Crippen LogP contribution >= 0.6 is 0 Å². The predicted molar refractivity (Wildman–Crippen MR) is 75.9 cm³/mol. The van der Waals surface area contributed by atoms with E-state index in [9.17, 15) is 4.79 Å². The van der Waals surface area contributed by atoms with E-state index < -0.39 is 0 Å². The van der Waals surface area contributed by atoms with Crippen molar-refractivity contribution in [3.8, 4) is 5.75 Å². The third-order valence-electron chi connectivity index (χ3n) is 2.67. The van der Waals surface area contributed by atoms with Crippen molar-refractivity contribution >= 4 is 5.91 Å². The Morgan fingerprint density at radius 1 is 1.42 bits per heavy atom. The number of para-hydroxylation sites is 1. The first-order chi connectivity index (χ1) is 9.04. The summed E-state index contributed by atoms with van der Waals surface area (Å²) in [5, 5.41) is 0. The molecule has 3 N–H and O–H groups in total. The molecule has 0 heterocycles. The molecule has 5 heteroatoms. The monoisotopic (exact) mass is 265 g/mol. The van der Waals surface area contributed by atoms with Gasteiger partial charge in [0.15, 0.2) is 0 Å². The number of hydrogen-bond donors (Lipinski definition) is 2. The standard InChI is InChI=1S/C14H23N3O2/c1-11(2)10-17(3)8-9-19-13-7-5-4-6-12(13)14(18)16-15/h4-7,11H,8-10,15H2,1-3H3,(H,16,18). The van der Waals surface area contributed by atoms with E-state index in [0.717, 1.165) is 13.1 Å². The van der Waals surface area contributed by atoms with E-state index in [4.69, 9.17) is 10.6 Å². The van der Waals surface area contributed by atoms with Gasteiger partial charge < -0.3 is 9.64 Å². The highest BCUT2D eigenvalue weighted by molar-refractivity contribution is 5.96. The van der Waals surface area contributed by atoms with Crippen LogP contribution < -0.4 is 16.0 Å². The molecule has 0 saturated heterocycles. The topological polar surface area (TPSA) is 67.6 Å². The molecule has 0 aliphatic heterocycles. The number of hydrogen-bond acceptors (Lipinski definition) is 4. The maximum Gasteiger partial charge on any atom is 0.268 e. The highest BCUT2D eigenvalue weighted by atomic mass is 16.5. The fourth-order valence-corrected chi connectivity index (χ4v) is 1.88. The Labute approximate surface area is 114 Å². The van der Waals surface area contributed by atoms with Crippen LogP contribution in [-0.2, 0) is 0 Å². The smallest absolute Gasteiger partial charge is 0.268 e. The number of likely N-dealkylation sites (N-methyl/N-ethyl adjacent to an activating group) is 1. The van der Waals surface area contributed by atoms with Crippen LogP contribution in [-0.4, -0.2) is 37.6 Å². The van der Waals surface area contributed by atoms with Gasteiger partial charge in [-0.05, 0) is 25.1 Å². The van der Waals surface area contributed by atoms with Crippen molar-refractivity contribution in [1.29, 1.82) is 0 Å². The first kappa shape index (κ1) is 15.5. The number of rotatable bonds is 7. The van der Waals surface area contributed by atoms with Crippen LogP contribution in [0.4, 0.5) is 0 Å². The van der Waals surface area contributed by atoms with Gasteiger partial charge in [-0.15, -0.1) is 0 Å². The molecule has 0 saturated carbocycles. The maximum absolute atomic E-state index is 11.6. The van der Waals surface area contributed by atoms with Gasteiger partial charge in [-0.25, -0.2) is 5.84 Å². The molecule has 1 aromatic carbocycles. The zero-order valence-corrected chi connectivity index (χ0v) is 11.8. The minimum Gasteiger partial charge on any atom is -0.491 e. The van der Waals surface area contributed by atoms with Crippen molar-refractivity contribution in [3.05, 3.63) is 29.8 Å². The number of nitrogens with zero attached hydrogens (tertiary/aromatic N) is 1. The molecule has 1 amide bonds. The minimum atomic E-state index is -0.342. The molecule has 5 nitrogen and oxygen atoms in total. The van der Waals surface area contributed by atoms with Crippen LogP contribution in [0.5, 0.6) is 5.75 Å². The number of nitrogens with two attached hydrogens (primary N) is 1.